The molecule has 0 aliphatic rings. The van der Waals surface area contributed by atoms with Crippen molar-refractivity contribution in [2.75, 3.05) is 0 Å². The summed E-state index contributed by atoms with van der Waals surface area (Å²) in [6, 6.07) is 17.8. The van der Waals surface area contributed by atoms with E-state index in [9.17, 15) is 0 Å². The standard InChI is InChI=1S/C60H64IN3O6/c1-5-9-13-17-21-36(22-18-14-10-6-2)62-55(65)41-31-29-39-40-30-32-42-48-46(58(68)63(56(42)66)37(23-19-15-11-7-3)24-20-16-12-8-4)34-44-52(50(40)48)51-43(33-45(57(62)67)47(41)49(39)51)53-54(44)60(70)64(59(53)69)38-27-25-35(61)26-28-38/h25-34,36-37H,5-24H2,1-4H3. The number of halogens is 1. The molecule has 0 N–H and O–H groups in total. The molecule has 0 radical (unpaired) electrons. The van der Waals surface area contributed by atoms with E-state index in [0.717, 1.165) is 143 Å². The summed E-state index contributed by atoms with van der Waals surface area (Å²) in [5.74, 6) is 0. The van der Waals surface area contributed by atoms with Crippen molar-refractivity contribution >= 4 is 109 Å². The van der Waals surface area contributed by atoms with Gasteiger partial charge in [0.25, 0.3) is 33.4 Å². The highest BCUT2D eigenvalue weighted by molar-refractivity contribution is 14.1. The van der Waals surface area contributed by atoms with Crippen LogP contribution in [0.4, 0.5) is 0 Å². The van der Waals surface area contributed by atoms with Gasteiger partial charge < -0.3 is 0 Å². The van der Waals surface area contributed by atoms with Gasteiger partial charge in [-0.2, -0.15) is 0 Å². The maximum absolute atomic E-state index is 15.4. The smallest absolute Gasteiger partial charge is 0.266 e. The van der Waals surface area contributed by atoms with Crippen LogP contribution in [0.1, 0.15) is 168 Å². The second-order valence-corrected chi connectivity index (χ2v) is 21.6. The molecule has 10 rings (SSSR count). The van der Waals surface area contributed by atoms with Gasteiger partial charge in [-0.1, -0.05) is 143 Å². The first-order chi connectivity index (χ1) is 34.1. The summed E-state index contributed by atoms with van der Waals surface area (Å²) in [7, 11) is 0. The first kappa shape index (κ1) is 48.2. The first-order valence-electron chi connectivity index (χ1n) is 26.5. The highest BCUT2D eigenvalue weighted by Gasteiger charge is 2.32. The zero-order valence-corrected chi connectivity index (χ0v) is 43.4. The maximum Gasteiger partial charge on any atom is 0.266 e. The molecule has 3 heterocycles. The summed E-state index contributed by atoms with van der Waals surface area (Å²) in [5, 5.41) is 8.13. The molecule has 9 nitrogen and oxygen atoms in total. The molecule has 0 spiro atoms. The van der Waals surface area contributed by atoms with E-state index in [1.165, 1.54) is 13.7 Å². The van der Waals surface area contributed by atoms with Gasteiger partial charge in [-0.15, -0.1) is 0 Å². The average Bonchev–Trinajstić information content (AvgIpc) is 3.63. The normalized spacial score (nSPS) is 12.7. The molecule has 3 aromatic heterocycles. The highest BCUT2D eigenvalue weighted by Crippen LogP contribution is 2.50. The van der Waals surface area contributed by atoms with Crippen molar-refractivity contribution in [1.82, 2.24) is 13.7 Å². The van der Waals surface area contributed by atoms with Gasteiger partial charge in [0.15, 0.2) is 0 Å². The molecule has 10 heteroatoms. The summed E-state index contributed by atoms with van der Waals surface area (Å²) < 4.78 is 5.19. The van der Waals surface area contributed by atoms with Gasteiger partial charge in [0.05, 0.1) is 16.5 Å². The van der Waals surface area contributed by atoms with Crippen LogP contribution in [-0.2, 0) is 0 Å². The molecule has 0 amide bonds. The van der Waals surface area contributed by atoms with Gasteiger partial charge in [0, 0.05) is 48.0 Å². The van der Waals surface area contributed by atoms with E-state index in [0.29, 0.717) is 70.3 Å². The molecule has 10 aromatic rings. The number of pyridine rings is 2. The Bertz CT molecular complexity index is 3640. The number of aromatic nitrogens is 3. The third-order valence-electron chi connectivity index (χ3n) is 15.9. The Hall–Kier alpha value is -5.49. The number of nitrogens with zero attached hydrogens (tertiary/aromatic N) is 3. The average molecular weight is 1050 g/mol. The van der Waals surface area contributed by atoms with Gasteiger partial charge in [-0.3, -0.25) is 37.9 Å². The van der Waals surface area contributed by atoms with Crippen LogP contribution in [0.3, 0.4) is 0 Å². The van der Waals surface area contributed by atoms with Gasteiger partial charge in [0.1, 0.15) is 0 Å². The fraction of sp³-hybridized carbons (Fsp3) is 0.433. The predicted octanol–water partition coefficient (Wildman–Crippen LogP) is 14.2. The molecular formula is C60H64IN3O6. The van der Waals surface area contributed by atoms with Crippen LogP contribution in [0, 0.1) is 3.57 Å². The summed E-state index contributed by atoms with van der Waals surface area (Å²) in [6.45, 7) is 8.70. The Kier molecular flexibility index (Phi) is 13.7. The van der Waals surface area contributed by atoms with Gasteiger partial charge >= 0.3 is 0 Å². The highest BCUT2D eigenvalue weighted by atomic mass is 127. The van der Waals surface area contributed by atoms with Crippen LogP contribution in [0.5, 0.6) is 0 Å². The second kappa shape index (κ2) is 20.0. The van der Waals surface area contributed by atoms with Crippen LogP contribution in [0.15, 0.2) is 89.4 Å². The molecule has 0 aliphatic heterocycles. The van der Waals surface area contributed by atoms with Gasteiger partial charge in [-0.25, -0.2) is 4.57 Å². The Balaban J connectivity index is 1.34. The number of rotatable bonds is 23. The summed E-state index contributed by atoms with van der Waals surface area (Å²) in [4.78, 5) is 91.5. The lowest BCUT2D eigenvalue weighted by Gasteiger charge is -2.24. The monoisotopic (exact) mass is 1050 g/mol. The van der Waals surface area contributed by atoms with Crippen LogP contribution < -0.4 is 33.4 Å². The Labute approximate surface area is 420 Å². The van der Waals surface area contributed by atoms with E-state index < -0.39 is 11.1 Å². The molecular weight excluding hydrogens is 986 g/mol. The van der Waals surface area contributed by atoms with Crippen LogP contribution in [-0.4, -0.2) is 13.7 Å². The minimum atomic E-state index is -0.510. The number of hydrogen-bond acceptors (Lipinski definition) is 6. The number of hydrogen-bond donors (Lipinski definition) is 0. The SMILES string of the molecule is CCCCCCC(CCCCCC)n1c(=O)c2ccc3c4ccc5c(=O)n(C(CCCCCC)CCCCCC)c(=O)c6cc7c8c(=O)n(-c9ccc(I)cc9)c(=O)c8c8cc(c1=O)c2c3c8c7c4c56. The van der Waals surface area contributed by atoms with Gasteiger partial charge in [-0.05, 0) is 140 Å². The van der Waals surface area contributed by atoms with Crippen LogP contribution in [0.25, 0.3) is 91.9 Å². The van der Waals surface area contributed by atoms with E-state index >= 15 is 28.8 Å². The number of benzene rings is 7. The van der Waals surface area contributed by atoms with Crippen molar-refractivity contribution in [2.24, 2.45) is 0 Å². The molecule has 7 aromatic carbocycles. The predicted molar refractivity (Wildman–Crippen MR) is 301 cm³/mol. The van der Waals surface area contributed by atoms with E-state index in [1.54, 1.807) is 24.3 Å². The lowest BCUT2D eigenvalue weighted by Crippen LogP contribution is -2.37. The van der Waals surface area contributed by atoms with Crippen molar-refractivity contribution in [3.63, 3.8) is 0 Å². The minimum absolute atomic E-state index is 0.180. The molecule has 0 atom stereocenters. The molecule has 0 fully saturated rings. The van der Waals surface area contributed by atoms with E-state index in [-0.39, 0.29) is 45.1 Å². The zero-order valence-electron chi connectivity index (χ0n) is 41.2. The zero-order chi connectivity index (χ0) is 49.0. The molecule has 0 aliphatic carbocycles. The van der Waals surface area contributed by atoms with Crippen molar-refractivity contribution in [2.45, 2.75) is 168 Å². The fourth-order valence-corrected chi connectivity index (χ4v) is 12.8. The Morgan fingerprint density at radius 2 is 0.671 bits per heavy atom. The number of unbranched alkanes of at least 4 members (excludes halogenated alkanes) is 12. The first-order valence-corrected chi connectivity index (χ1v) is 27.6. The van der Waals surface area contributed by atoms with E-state index in [4.69, 9.17) is 0 Å². The molecule has 0 bridgehead atoms. The summed E-state index contributed by atoms with van der Waals surface area (Å²) in [6.07, 6.45) is 19.3. The third-order valence-corrected chi connectivity index (χ3v) is 16.6. The van der Waals surface area contributed by atoms with Crippen LogP contribution in [0.2, 0.25) is 0 Å². The second-order valence-electron chi connectivity index (χ2n) is 20.4. The van der Waals surface area contributed by atoms with Crippen molar-refractivity contribution in [3.8, 4) is 5.69 Å². The lowest BCUT2D eigenvalue weighted by atomic mass is 9.81. The van der Waals surface area contributed by atoms with Crippen molar-refractivity contribution in [1.29, 1.82) is 0 Å². The maximum atomic E-state index is 15.4. The van der Waals surface area contributed by atoms with E-state index in [2.05, 4.69) is 50.3 Å². The summed E-state index contributed by atoms with van der Waals surface area (Å²) >= 11 is 2.20. The van der Waals surface area contributed by atoms with Crippen LogP contribution >= 0.6 is 22.6 Å². The van der Waals surface area contributed by atoms with Crippen molar-refractivity contribution in [3.05, 3.63) is 126 Å². The largest absolute Gasteiger partial charge is 0.271 e. The molecule has 362 valence electrons. The van der Waals surface area contributed by atoms with Crippen molar-refractivity contribution < 1.29 is 0 Å². The van der Waals surface area contributed by atoms with E-state index in [1.807, 2.05) is 36.4 Å². The quantitative estimate of drug-likeness (QED) is 0.0273. The topological polar surface area (TPSA) is 117 Å². The Morgan fingerprint density at radius 1 is 0.343 bits per heavy atom. The Morgan fingerprint density at radius 3 is 1.03 bits per heavy atom. The number of fused-ring (bicyclic) bond motifs is 4. The third kappa shape index (κ3) is 7.77. The molecule has 0 unspecified atom stereocenters. The fourth-order valence-electron chi connectivity index (χ4n) is 12.4. The molecule has 70 heavy (non-hydrogen) atoms. The van der Waals surface area contributed by atoms with Gasteiger partial charge in [0.2, 0.25) is 0 Å². The molecule has 0 saturated heterocycles. The summed E-state index contributed by atoms with van der Waals surface area (Å²) in [5.41, 5.74) is -1.97. The minimum Gasteiger partial charge on any atom is -0.271 e. The molecule has 0 saturated carbocycles. The lowest BCUT2D eigenvalue weighted by molar-refractivity contribution is 0.384.